The second-order valence-electron chi connectivity index (χ2n) is 10.8. The van der Waals surface area contributed by atoms with E-state index in [4.69, 9.17) is 14.2 Å². The van der Waals surface area contributed by atoms with Crippen molar-refractivity contribution >= 4 is 17.8 Å². The van der Waals surface area contributed by atoms with Crippen LogP contribution in [0.2, 0.25) is 0 Å². The van der Waals surface area contributed by atoms with Crippen molar-refractivity contribution in [2.24, 2.45) is 5.92 Å². The first kappa shape index (κ1) is 29.0. The van der Waals surface area contributed by atoms with Gasteiger partial charge in [-0.25, -0.2) is 0 Å². The maximum absolute atomic E-state index is 13.6. The van der Waals surface area contributed by atoms with Crippen molar-refractivity contribution < 1.29 is 33.7 Å². The fourth-order valence-electron chi connectivity index (χ4n) is 6.12. The topological polar surface area (TPSA) is 109 Å². The van der Waals surface area contributed by atoms with Crippen LogP contribution in [0.5, 0.6) is 17.2 Å². The molecule has 10 heteroatoms. The summed E-state index contributed by atoms with van der Waals surface area (Å²) in [6.07, 6.45) is 5.75. The minimum atomic E-state index is -0.904. The number of hydrogen-bond acceptors (Lipinski definition) is 7. The van der Waals surface area contributed by atoms with E-state index in [1.54, 1.807) is 7.11 Å². The standard InChI is InChI=1S/C29H43N3O7/c1-4-6-11-30(12-7-5-2)26(34)18-32-17-21(20-15-23(37-3)28-24(16-20)38-19-39-28)27(29(35)36)22(32)10-14-31-13-8-9-25(31)33/h15-16,21-22,27H,4-14,17-19H2,1-3H3,(H,35,36). The summed E-state index contributed by atoms with van der Waals surface area (Å²) in [5, 5.41) is 10.5. The highest BCUT2D eigenvalue weighted by molar-refractivity contribution is 5.79. The Morgan fingerprint density at radius 1 is 1.15 bits per heavy atom. The fraction of sp³-hybridized carbons (Fsp3) is 0.690. The summed E-state index contributed by atoms with van der Waals surface area (Å²) in [4.78, 5) is 44.5. The minimum absolute atomic E-state index is 0.0344. The van der Waals surface area contributed by atoms with E-state index in [9.17, 15) is 19.5 Å². The van der Waals surface area contributed by atoms with Gasteiger partial charge < -0.3 is 29.1 Å². The second kappa shape index (κ2) is 13.4. The molecule has 3 aliphatic rings. The molecule has 2 amide bonds. The number of unbranched alkanes of at least 4 members (excludes halogenated alkanes) is 2. The summed E-state index contributed by atoms with van der Waals surface area (Å²) in [5.74, 6) is -0.325. The Labute approximate surface area is 231 Å². The summed E-state index contributed by atoms with van der Waals surface area (Å²) in [6, 6.07) is 3.28. The van der Waals surface area contributed by atoms with Gasteiger partial charge in [-0.15, -0.1) is 0 Å². The SMILES string of the molecule is CCCCN(CCCC)C(=O)CN1CC(c2cc(OC)c3c(c2)OCO3)C(C(=O)O)C1CCN1CCCC1=O. The molecule has 0 bridgehead atoms. The number of aliphatic carboxylic acids is 1. The molecular formula is C29H43N3O7. The Kier molecular flexibility index (Phi) is 9.94. The summed E-state index contributed by atoms with van der Waals surface area (Å²) in [6.45, 7) is 7.49. The smallest absolute Gasteiger partial charge is 0.308 e. The van der Waals surface area contributed by atoms with Crippen LogP contribution < -0.4 is 14.2 Å². The predicted molar refractivity (Wildman–Crippen MR) is 145 cm³/mol. The maximum atomic E-state index is 13.6. The Morgan fingerprint density at radius 3 is 2.51 bits per heavy atom. The number of methoxy groups -OCH3 is 1. The molecule has 0 spiro atoms. The van der Waals surface area contributed by atoms with Crippen LogP contribution in [0.25, 0.3) is 0 Å². The highest BCUT2D eigenvalue weighted by Gasteiger charge is 2.48. The number of rotatable bonds is 14. The molecule has 3 unspecified atom stereocenters. The third kappa shape index (κ3) is 6.59. The van der Waals surface area contributed by atoms with E-state index >= 15 is 0 Å². The molecule has 3 atom stereocenters. The Bertz CT molecular complexity index is 1020. The molecule has 0 aliphatic carbocycles. The second-order valence-corrected chi connectivity index (χ2v) is 10.8. The summed E-state index contributed by atoms with van der Waals surface area (Å²) in [7, 11) is 1.55. The van der Waals surface area contributed by atoms with Gasteiger partial charge >= 0.3 is 5.97 Å². The number of benzene rings is 1. The molecule has 0 aromatic heterocycles. The normalized spacial score (nSPS) is 22.5. The molecule has 2 fully saturated rings. The number of amides is 2. The Morgan fingerprint density at radius 2 is 1.90 bits per heavy atom. The van der Waals surface area contributed by atoms with Crippen molar-refractivity contribution in [3.8, 4) is 17.2 Å². The molecule has 3 aliphatic heterocycles. The average molecular weight is 546 g/mol. The molecule has 0 radical (unpaired) electrons. The van der Waals surface area contributed by atoms with Gasteiger partial charge in [0.1, 0.15) is 0 Å². The van der Waals surface area contributed by atoms with E-state index in [1.807, 2.05) is 26.8 Å². The van der Waals surface area contributed by atoms with Crippen LogP contribution in [-0.2, 0) is 14.4 Å². The molecule has 1 aromatic rings. The fourth-order valence-corrected chi connectivity index (χ4v) is 6.12. The summed E-state index contributed by atoms with van der Waals surface area (Å²) >= 11 is 0. The molecule has 4 rings (SSSR count). The molecule has 1 aromatic carbocycles. The van der Waals surface area contributed by atoms with Crippen LogP contribution in [0.3, 0.4) is 0 Å². The number of carbonyl (C=O) groups excluding carboxylic acids is 2. The molecule has 3 heterocycles. The Balaban J connectivity index is 1.62. The van der Waals surface area contributed by atoms with E-state index in [2.05, 4.69) is 13.8 Å². The lowest BCUT2D eigenvalue weighted by Gasteiger charge is -2.30. The molecule has 216 valence electrons. The van der Waals surface area contributed by atoms with E-state index in [-0.39, 0.29) is 37.1 Å². The van der Waals surface area contributed by atoms with Crippen molar-refractivity contribution in [3.05, 3.63) is 17.7 Å². The lowest BCUT2D eigenvalue weighted by molar-refractivity contribution is -0.144. The van der Waals surface area contributed by atoms with Gasteiger partial charge in [0.15, 0.2) is 11.5 Å². The van der Waals surface area contributed by atoms with Crippen molar-refractivity contribution in [2.75, 3.05) is 53.2 Å². The van der Waals surface area contributed by atoms with Gasteiger partial charge in [0.2, 0.25) is 24.4 Å². The number of carboxylic acid groups (broad SMARTS) is 1. The van der Waals surface area contributed by atoms with Gasteiger partial charge in [-0.1, -0.05) is 26.7 Å². The zero-order valence-electron chi connectivity index (χ0n) is 23.5. The molecule has 2 saturated heterocycles. The van der Waals surface area contributed by atoms with Gasteiger partial charge in [-0.05, 0) is 43.4 Å². The van der Waals surface area contributed by atoms with Crippen molar-refractivity contribution in [1.82, 2.24) is 14.7 Å². The lowest BCUT2D eigenvalue weighted by atomic mass is 9.84. The number of ether oxygens (including phenoxy) is 3. The van der Waals surface area contributed by atoms with Crippen LogP contribution in [-0.4, -0.2) is 96.8 Å². The van der Waals surface area contributed by atoms with Gasteiger partial charge in [-0.2, -0.15) is 0 Å². The quantitative estimate of drug-likeness (QED) is 0.379. The molecule has 0 saturated carbocycles. The van der Waals surface area contributed by atoms with Crippen LogP contribution in [0.15, 0.2) is 12.1 Å². The maximum Gasteiger partial charge on any atom is 0.308 e. The molecular weight excluding hydrogens is 502 g/mol. The Hall–Kier alpha value is -3.01. The number of carbonyl (C=O) groups is 3. The largest absolute Gasteiger partial charge is 0.493 e. The number of carboxylic acids is 1. The van der Waals surface area contributed by atoms with Crippen LogP contribution in [0, 0.1) is 5.92 Å². The third-order valence-electron chi connectivity index (χ3n) is 8.26. The van der Waals surface area contributed by atoms with E-state index in [1.165, 1.54) is 0 Å². The van der Waals surface area contributed by atoms with Crippen LogP contribution >= 0.6 is 0 Å². The summed E-state index contributed by atoms with van der Waals surface area (Å²) < 4.78 is 16.7. The van der Waals surface area contributed by atoms with Crippen molar-refractivity contribution in [1.29, 1.82) is 0 Å². The van der Waals surface area contributed by atoms with E-state index in [0.29, 0.717) is 62.8 Å². The first-order valence-electron chi connectivity index (χ1n) is 14.4. The number of likely N-dealkylation sites (tertiary alicyclic amines) is 2. The first-order chi connectivity index (χ1) is 18.9. The molecule has 39 heavy (non-hydrogen) atoms. The number of hydrogen-bond donors (Lipinski definition) is 1. The lowest BCUT2D eigenvalue weighted by Crippen LogP contribution is -2.45. The minimum Gasteiger partial charge on any atom is -0.493 e. The van der Waals surface area contributed by atoms with Gasteiger partial charge in [0, 0.05) is 51.1 Å². The number of fused-ring (bicyclic) bond motifs is 1. The molecule has 1 N–H and O–H groups in total. The first-order valence-corrected chi connectivity index (χ1v) is 14.4. The zero-order valence-corrected chi connectivity index (χ0v) is 23.5. The van der Waals surface area contributed by atoms with Gasteiger partial charge in [0.25, 0.3) is 0 Å². The van der Waals surface area contributed by atoms with E-state index < -0.39 is 11.9 Å². The zero-order chi connectivity index (χ0) is 27.9. The van der Waals surface area contributed by atoms with E-state index in [0.717, 1.165) is 37.7 Å². The van der Waals surface area contributed by atoms with Crippen molar-refractivity contribution in [3.63, 3.8) is 0 Å². The number of nitrogens with zero attached hydrogens (tertiary/aromatic N) is 3. The molecule has 10 nitrogen and oxygen atoms in total. The third-order valence-corrected chi connectivity index (χ3v) is 8.26. The predicted octanol–water partition coefficient (Wildman–Crippen LogP) is 3.33. The van der Waals surface area contributed by atoms with Crippen LogP contribution in [0.1, 0.15) is 70.3 Å². The van der Waals surface area contributed by atoms with Crippen molar-refractivity contribution in [2.45, 2.75) is 70.8 Å². The average Bonchev–Trinajstić information content (AvgIpc) is 3.65. The highest BCUT2D eigenvalue weighted by Crippen LogP contribution is 2.47. The monoisotopic (exact) mass is 545 g/mol. The van der Waals surface area contributed by atoms with Gasteiger partial charge in [0.05, 0.1) is 19.6 Å². The van der Waals surface area contributed by atoms with Crippen LogP contribution in [0.4, 0.5) is 0 Å². The summed E-state index contributed by atoms with van der Waals surface area (Å²) in [5.41, 5.74) is 0.787. The van der Waals surface area contributed by atoms with Gasteiger partial charge in [-0.3, -0.25) is 19.3 Å². The highest BCUT2D eigenvalue weighted by atomic mass is 16.7.